The van der Waals surface area contributed by atoms with E-state index < -0.39 is 4.92 Å². The zero-order valence-electron chi connectivity index (χ0n) is 15.7. The smallest absolute Gasteiger partial charge is 0.271 e. The van der Waals surface area contributed by atoms with E-state index in [1.165, 1.54) is 18.2 Å². The highest BCUT2D eigenvalue weighted by atomic mass is 35.5. The first-order chi connectivity index (χ1) is 13.3. The highest BCUT2D eigenvalue weighted by Gasteiger charge is 2.12. The number of nitro benzene ring substituents is 1. The third kappa shape index (κ3) is 5.34. The van der Waals surface area contributed by atoms with Gasteiger partial charge in [0.05, 0.1) is 27.0 Å². The molecule has 0 aliphatic rings. The van der Waals surface area contributed by atoms with Gasteiger partial charge in [-0.25, -0.2) is 4.99 Å². The Morgan fingerprint density at radius 1 is 1.29 bits per heavy atom. The lowest BCUT2D eigenvalue weighted by atomic mass is 10.1. The van der Waals surface area contributed by atoms with Gasteiger partial charge in [-0.2, -0.15) is 0 Å². The lowest BCUT2D eigenvalue weighted by Crippen LogP contribution is -2.32. The number of nitrogens with one attached hydrogen (secondary N) is 2. The van der Waals surface area contributed by atoms with Gasteiger partial charge in [0.25, 0.3) is 5.69 Å². The minimum absolute atomic E-state index is 0.0868. The molecule has 28 heavy (non-hydrogen) atoms. The van der Waals surface area contributed by atoms with E-state index in [0.29, 0.717) is 17.1 Å². The Morgan fingerprint density at radius 2 is 1.96 bits per heavy atom. The van der Waals surface area contributed by atoms with Gasteiger partial charge in [-0.15, -0.1) is 0 Å². The summed E-state index contributed by atoms with van der Waals surface area (Å²) in [5, 5.41) is 11.0. The number of hydrogen-bond donors (Lipinski definition) is 3. The van der Waals surface area contributed by atoms with Crippen LogP contribution in [0, 0.1) is 10.1 Å². The Labute approximate surface area is 168 Å². The van der Waals surface area contributed by atoms with E-state index in [9.17, 15) is 10.1 Å². The number of nitrogens with zero attached hydrogens (tertiary/aromatic N) is 2. The van der Waals surface area contributed by atoms with Gasteiger partial charge < -0.3 is 5.73 Å². The summed E-state index contributed by atoms with van der Waals surface area (Å²) in [6.07, 6.45) is 0.742. The maximum absolute atomic E-state index is 10.8. The van der Waals surface area contributed by atoms with Crippen molar-refractivity contribution in [2.24, 2.45) is 10.7 Å². The van der Waals surface area contributed by atoms with Gasteiger partial charge in [-0.1, -0.05) is 55.4 Å². The number of rotatable bonds is 8. The van der Waals surface area contributed by atoms with E-state index >= 15 is 0 Å². The number of amidine groups is 1. The van der Waals surface area contributed by atoms with Gasteiger partial charge >= 0.3 is 0 Å². The van der Waals surface area contributed by atoms with E-state index in [0.717, 1.165) is 17.6 Å². The number of hydrazine groups is 1. The molecule has 0 aromatic heterocycles. The lowest BCUT2D eigenvalue weighted by molar-refractivity contribution is -0.384. The van der Waals surface area contributed by atoms with Crippen molar-refractivity contribution in [3.05, 3.63) is 87.1 Å². The Bertz CT molecular complexity index is 939. The molecule has 4 N–H and O–H groups in total. The van der Waals surface area contributed by atoms with Crippen molar-refractivity contribution in [1.82, 2.24) is 5.43 Å². The largest absolute Gasteiger partial charge is 0.382 e. The molecule has 7 nitrogen and oxygen atoms in total. The van der Waals surface area contributed by atoms with E-state index in [2.05, 4.69) is 22.4 Å². The molecule has 0 fully saturated rings. The summed E-state index contributed by atoms with van der Waals surface area (Å²) in [5.41, 5.74) is 15.5. The maximum Gasteiger partial charge on any atom is 0.271 e. The van der Waals surface area contributed by atoms with Gasteiger partial charge in [0.2, 0.25) is 0 Å². The van der Waals surface area contributed by atoms with Crippen LogP contribution in [-0.4, -0.2) is 10.8 Å². The second-order valence-corrected chi connectivity index (χ2v) is 6.40. The van der Waals surface area contributed by atoms with Crippen LogP contribution in [0.1, 0.15) is 25.8 Å². The van der Waals surface area contributed by atoms with Crippen LogP contribution < -0.4 is 16.6 Å². The molecule has 0 atom stereocenters. The van der Waals surface area contributed by atoms with Crippen LogP contribution in [-0.2, 0) is 0 Å². The molecule has 0 bridgehead atoms. The van der Waals surface area contributed by atoms with Gasteiger partial charge in [0.15, 0.2) is 0 Å². The molecule has 146 valence electrons. The van der Waals surface area contributed by atoms with Crippen LogP contribution in [0.4, 0.5) is 11.4 Å². The molecule has 2 rings (SSSR count). The quantitative estimate of drug-likeness (QED) is 0.254. The lowest BCUT2D eigenvalue weighted by Gasteiger charge is -2.17. The average molecular weight is 400 g/mol. The average Bonchev–Trinajstić information content (AvgIpc) is 2.69. The number of benzene rings is 2. The molecule has 0 amide bonds. The van der Waals surface area contributed by atoms with Crippen LogP contribution >= 0.6 is 11.6 Å². The summed E-state index contributed by atoms with van der Waals surface area (Å²) >= 11 is 6.12. The van der Waals surface area contributed by atoms with Crippen molar-refractivity contribution in [2.75, 3.05) is 5.43 Å². The highest BCUT2D eigenvalue weighted by Crippen LogP contribution is 2.26. The number of aliphatic imine (C=N–C) groups is 1. The summed E-state index contributed by atoms with van der Waals surface area (Å²) in [6.45, 7) is 7.89. The fourth-order valence-corrected chi connectivity index (χ4v) is 2.53. The molecule has 0 heterocycles. The second-order valence-electron chi connectivity index (χ2n) is 5.99. The fraction of sp³-hybridized carbons (Fsp3) is 0.150. The summed E-state index contributed by atoms with van der Waals surface area (Å²) in [7, 11) is 0. The molecular formula is C20H22ClN5O2. The van der Waals surface area contributed by atoms with Crippen LogP contribution in [0.15, 0.2) is 71.4 Å². The summed E-state index contributed by atoms with van der Waals surface area (Å²) in [4.78, 5) is 14.7. The Morgan fingerprint density at radius 3 is 2.54 bits per heavy atom. The minimum Gasteiger partial charge on any atom is -0.382 e. The first-order valence-corrected chi connectivity index (χ1v) is 8.95. The zero-order valence-corrected chi connectivity index (χ0v) is 16.5. The zero-order chi connectivity index (χ0) is 20.7. The number of anilines is 1. The molecule has 0 spiro atoms. The van der Waals surface area contributed by atoms with Gasteiger partial charge in [0.1, 0.15) is 5.84 Å². The topological polar surface area (TPSA) is 106 Å². The molecule has 8 heteroatoms. The number of non-ortho nitro benzene ring substituents is 1. The summed E-state index contributed by atoms with van der Waals surface area (Å²) in [5.74, 6) is 0.263. The van der Waals surface area contributed by atoms with E-state index in [-0.39, 0.29) is 16.5 Å². The monoisotopic (exact) mass is 399 g/mol. The Kier molecular flexibility index (Phi) is 7.17. The molecule has 2 aromatic rings. The van der Waals surface area contributed by atoms with Crippen LogP contribution in [0.2, 0.25) is 5.02 Å². The molecule has 0 aliphatic carbocycles. The molecule has 0 aliphatic heterocycles. The van der Waals surface area contributed by atoms with Crippen molar-refractivity contribution in [1.29, 1.82) is 0 Å². The highest BCUT2D eigenvalue weighted by molar-refractivity contribution is 6.33. The number of halogens is 1. The van der Waals surface area contributed by atoms with Crippen molar-refractivity contribution >= 4 is 34.5 Å². The van der Waals surface area contributed by atoms with Crippen LogP contribution in [0.3, 0.4) is 0 Å². The maximum atomic E-state index is 10.8. The Hall–Kier alpha value is -3.32. The third-order valence-corrected chi connectivity index (χ3v) is 4.37. The molecular weight excluding hydrogens is 378 g/mol. The van der Waals surface area contributed by atoms with Gasteiger partial charge in [-0.05, 0) is 30.5 Å². The molecule has 0 unspecified atom stereocenters. The van der Waals surface area contributed by atoms with Gasteiger partial charge in [-0.3, -0.25) is 21.0 Å². The number of nitro groups is 1. The normalized spacial score (nSPS) is 12.2. The first kappa shape index (κ1) is 21.0. The van der Waals surface area contributed by atoms with E-state index in [1.807, 2.05) is 44.2 Å². The number of hydrogen-bond acceptors (Lipinski definition) is 5. The number of nitrogens with two attached hydrogens (primary N) is 1. The predicted octanol–water partition coefficient (Wildman–Crippen LogP) is 4.88. The third-order valence-electron chi connectivity index (χ3n) is 4.06. The minimum atomic E-state index is -0.504. The van der Waals surface area contributed by atoms with Crippen LogP contribution in [0.25, 0.3) is 5.70 Å². The first-order valence-electron chi connectivity index (χ1n) is 8.58. The van der Waals surface area contributed by atoms with Crippen molar-refractivity contribution in [3.8, 4) is 0 Å². The summed E-state index contributed by atoms with van der Waals surface area (Å²) < 4.78 is 0. The van der Waals surface area contributed by atoms with Crippen molar-refractivity contribution < 1.29 is 4.92 Å². The number of allylic oxidation sites excluding steroid dienone is 1. The summed E-state index contributed by atoms with van der Waals surface area (Å²) in [6, 6.07) is 13.7. The van der Waals surface area contributed by atoms with E-state index in [4.69, 9.17) is 17.3 Å². The van der Waals surface area contributed by atoms with Gasteiger partial charge in [0, 0.05) is 12.1 Å². The fourth-order valence-electron chi connectivity index (χ4n) is 2.31. The van der Waals surface area contributed by atoms with Crippen LogP contribution in [0.5, 0.6) is 0 Å². The Balaban J connectivity index is 2.22. The molecule has 0 saturated heterocycles. The second kappa shape index (κ2) is 9.57. The molecule has 2 aromatic carbocycles. The van der Waals surface area contributed by atoms with Crippen molar-refractivity contribution in [3.63, 3.8) is 0 Å². The van der Waals surface area contributed by atoms with Crippen molar-refractivity contribution in [2.45, 2.75) is 20.3 Å². The molecule has 0 saturated carbocycles. The predicted molar refractivity (Wildman–Crippen MR) is 115 cm³/mol. The molecule has 0 radical (unpaired) electrons. The standard InChI is InChI=1S/C20H22ClN5O2/c1-4-13(2)19(20(22)23-14(3)15-8-6-5-7-9-15)25-24-18-11-10-16(26(27)28)12-17(18)21/h5-12,24-25H,3-4H2,1-2H3,(H2,22,23)/b19-13-. The SMILES string of the molecule is C=C(N=C(N)/C(NNc1ccc([N+](=O)[O-])cc1Cl)=C(\C)CC)c1ccccc1. The van der Waals surface area contributed by atoms with E-state index in [1.54, 1.807) is 0 Å².